The first-order valence-electron chi connectivity index (χ1n) is 36.9. The summed E-state index contributed by atoms with van der Waals surface area (Å²) in [5, 5.41) is 25.7. The number of hydrogen-bond donors (Lipinski definition) is 6. The van der Waals surface area contributed by atoms with Crippen molar-refractivity contribution in [1.29, 1.82) is 0 Å². The Kier molecular flexibility index (Phi) is 32.7. The molecular formula is C76H119N13O15. The van der Waals surface area contributed by atoms with Gasteiger partial charge >= 0.3 is 0 Å². The van der Waals surface area contributed by atoms with Crippen LogP contribution in [-0.2, 0) is 79.9 Å². The van der Waals surface area contributed by atoms with Crippen molar-refractivity contribution in [3.8, 4) is 0 Å². The highest BCUT2D eigenvalue weighted by Gasteiger charge is 2.50. The number of likely N-dealkylation sites (N-methyl/N-ethyl adjacent to an activating group) is 5. The van der Waals surface area contributed by atoms with Gasteiger partial charge < -0.3 is 75.6 Å². The van der Waals surface area contributed by atoms with E-state index in [1.807, 2.05) is 41.5 Å². The summed E-state index contributed by atoms with van der Waals surface area (Å²) < 4.78 is 5.88. The first-order chi connectivity index (χ1) is 48.8. The molecule has 104 heavy (non-hydrogen) atoms. The molecule has 12 atom stereocenters. The van der Waals surface area contributed by atoms with Crippen LogP contribution in [0.1, 0.15) is 159 Å². The lowest BCUT2D eigenvalue weighted by Gasteiger charge is -2.38. The molecule has 578 valence electrons. The van der Waals surface area contributed by atoms with Crippen molar-refractivity contribution in [2.75, 3.05) is 74.6 Å². The number of ether oxygens (including phenoxy) is 1. The maximum Gasteiger partial charge on any atom is 0.248 e. The van der Waals surface area contributed by atoms with Crippen LogP contribution >= 0.6 is 0 Å². The molecule has 0 spiro atoms. The molecule has 28 heteroatoms. The molecule has 6 N–H and O–H groups in total. The van der Waals surface area contributed by atoms with Crippen LogP contribution in [0.2, 0.25) is 0 Å². The predicted molar refractivity (Wildman–Crippen MR) is 392 cm³/mol. The SMILES string of the molecule is CCCN1CC(=O)N(C)C(CC(C)C)C(=O)N[C@@H](CC(C)C)C(=O)N(C)[C@@H](Cc2ccccc2)C(=O)N(C)[C@@H](C)C(=O)N[C@H](C(=O)N2CCCCC2)CC(=O)N[C@H](CC(C)C)C(=O)N(C)[C@@H](Cc2ccccc2)C(=O)N[C@@H](COCC(=O)NC(C)(C)C)C(=O)N(C)[C@H]2CC(C)N(C2=O)[C@@H]([C@@H](C)O)C1=O. The van der Waals surface area contributed by atoms with E-state index in [9.17, 15) is 33.9 Å². The molecule has 13 amide bonds. The van der Waals surface area contributed by atoms with Gasteiger partial charge in [0.05, 0.1) is 25.7 Å². The molecule has 0 radical (unpaired) electrons. The van der Waals surface area contributed by atoms with E-state index in [4.69, 9.17) is 4.74 Å². The largest absolute Gasteiger partial charge is 0.391 e. The van der Waals surface area contributed by atoms with Crippen LogP contribution in [0, 0.1) is 17.8 Å². The van der Waals surface area contributed by atoms with Crippen molar-refractivity contribution >= 4 is 76.8 Å². The fourth-order valence-electron chi connectivity index (χ4n) is 13.6. The average Bonchev–Trinajstić information content (AvgIpc) is 1.60. The van der Waals surface area contributed by atoms with E-state index in [1.54, 1.807) is 100 Å². The minimum Gasteiger partial charge on any atom is -0.391 e. The number of benzene rings is 2. The summed E-state index contributed by atoms with van der Waals surface area (Å²) in [6, 6.07) is 2.77. The normalized spacial score (nSPS) is 25.7. The first-order valence-corrected chi connectivity index (χ1v) is 36.9. The topological polar surface area (TPSA) is 337 Å². The van der Waals surface area contributed by atoms with Crippen LogP contribution in [0.15, 0.2) is 60.7 Å². The quantitative estimate of drug-likeness (QED) is 0.125. The molecule has 0 aliphatic carbocycles. The van der Waals surface area contributed by atoms with Gasteiger partial charge in [0, 0.05) is 79.3 Å². The second-order valence-corrected chi connectivity index (χ2v) is 30.8. The van der Waals surface area contributed by atoms with Gasteiger partial charge in [-0.15, -0.1) is 0 Å². The van der Waals surface area contributed by atoms with Crippen LogP contribution in [0.25, 0.3) is 0 Å². The Morgan fingerprint density at radius 2 is 1.08 bits per heavy atom. The Morgan fingerprint density at radius 1 is 0.577 bits per heavy atom. The monoisotopic (exact) mass is 1450 g/mol. The minimum atomic E-state index is -1.65. The van der Waals surface area contributed by atoms with Crippen molar-refractivity contribution in [2.24, 2.45) is 17.8 Å². The summed E-state index contributed by atoms with van der Waals surface area (Å²) in [7, 11) is 6.92. The lowest BCUT2D eigenvalue weighted by Crippen LogP contribution is -2.61. The van der Waals surface area contributed by atoms with E-state index < -0.39 is 181 Å². The van der Waals surface area contributed by atoms with Crippen molar-refractivity contribution < 1.29 is 72.2 Å². The highest BCUT2D eigenvalue weighted by molar-refractivity contribution is 6.00. The smallest absolute Gasteiger partial charge is 0.248 e. The molecule has 28 nitrogen and oxygen atoms in total. The molecule has 0 aromatic heterocycles. The van der Waals surface area contributed by atoms with Gasteiger partial charge in [-0.3, -0.25) is 62.3 Å². The Morgan fingerprint density at radius 3 is 1.60 bits per heavy atom. The highest BCUT2D eigenvalue weighted by atomic mass is 16.5. The molecule has 0 saturated carbocycles. The number of nitrogens with one attached hydrogen (secondary N) is 5. The number of nitrogens with zero attached hydrogens (tertiary/aromatic N) is 8. The number of piperidine rings is 1. The maximum atomic E-state index is 15.3. The number of amides is 13. The first kappa shape index (κ1) is 86.1. The fraction of sp³-hybridized carbons (Fsp3) is 0.671. The van der Waals surface area contributed by atoms with E-state index in [1.165, 1.54) is 68.7 Å². The van der Waals surface area contributed by atoms with E-state index in [-0.39, 0.29) is 62.8 Å². The molecular weight excluding hydrogens is 1330 g/mol. The van der Waals surface area contributed by atoms with E-state index in [0.717, 1.165) is 21.1 Å². The van der Waals surface area contributed by atoms with E-state index in [0.29, 0.717) is 43.5 Å². The summed E-state index contributed by atoms with van der Waals surface area (Å²) in [5.74, 6) is -10.2. The number of aliphatic hydroxyl groups is 1. The molecule has 3 saturated heterocycles. The predicted octanol–water partition coefficient (Wildman–Crippen LogP) is 2.66. The highest BCUT2D eigenvalue weighted by Crippen LogP contribution is 2.29. The van der Waals surface area contributed by atoms with E-state index >= 15 is 33.6 Å². The van der Waals surface area contributed by atoms with Gasteiger partial charge in [-0.2, -0.15) is 0 Å². The number of likely N-dealkylation sites (tertiary alicyclic amines) is 1. The summed E-state index contributed by atoms with van der Waals surface area (Å²) in [5.41, 5.74) is 0.561. The maximum absolute atomic E-state index is 15.3. The number of carbonyl (C=O) groups is 13. The Bertz CT molecular complexity index is 3290. The lowest BCUT2D eigenvalue weighted by molar-refractivity contribution is -0.154. The molecule has 2 bridgehead atoms. The third kappa shape index (κ3) is 24.3. The molecule has 3 heterocycles. The van der Waals surface area contributed by atoms with Gasteiger partial charge in [-0.05, 0) is 122 Å². The summed E-state index contributed by atoms with van der Waals surface area (Å²) in [6.07, 6.45) is 0.203. The van der Waals surface area contributed by atoms with Crippen molar-refractivity contribution in [1.82, 2.24) is 65.8 Å². The van der Waals surface area contributed by atoms with Crippen LogP contribution < -0.4 is 26.6 Å². The van der Waals surface area contributed by atoms with Crippen LogP contribution in [0.4, 0.5) is 0 Å². The number of fused-ring (bicyclic) bond motifs is 2. The van der Waals surface area contributed by atoms with Gasteiger partial charge in [-0.1, -0.05) is 109 Å². The van der Waals surface area contributed by atoms with Crippen molar-refractivity contribution in [3.05, 3.63) is 71.8 Å². The van der Waals surface area contributed by atoms with E-state index in [2.05, 4.69) is 26.6 Å². The molecule has 3 aliphatic heterocycles. The van der Waals surface area contributed by atoms with Gasteiger partial charge in [0.1, 0.15) is 67.0 Å². The lowest BCUT2D eigenvalue weighted by atomic mass is 9.97. The second-order valence-electron chi connectivity index (χ2n) is 30.8. The van der Waals surface area contributed by atoms with Gasteiger partial charge in [0.2, 0.25) is 76.8 Å². The van der Waals surface area contributed by atoms with Crippen LogP contribution in [0.5, 0.6) is 0 Å². The Labute approximate surface area is 615 Å². The Hall–Kier alpha value is -8.53. The third-order valence-electron chi connectivity index (χ3n) is 19.4. The zero-order valence-electron chi connectivity index (χ0n) is 64.7. The average molecular weight is 1450 g/mol. The third-order valence-corrected chi connectivity index (χ3v) is 19.4. The van der Waals surface area contributed by atoms with Crippen molar-refractivity contribution in [2.45, 2.75) is 239 Å². The molecule has 3 fully saturated rings. The second kappa shape index (κ2) is 39.5. The fourth-order valence-corrected chi connectivity index (χ4v) is 13.6. The number of aliphatic hydroxyl groups excluding tert-OH is 1. The molecule has 2 aromatic rings. The van der Waals surface area contributed by atoms with Crippen LogP contribution in [0.3, 0.4) is 0 Å². The Balaban J connectivity index is 1.70. The molecule has 3 aliphatic rings. The van der Waals surface area contributed by atoms with Crippen molar-refractivity contribution in [3.63, 3.8) is 0 Å². The van der Waals surface area contributed by atoms with Crippen LogP contribution in [-0.4, -0.2) is 274 Å². The summed E-state index contributed by atoms with van der Waals surface area (Å²) in [6.45, 7) is 21.3. The number of hydrogen-bond acceptors (Lipinski definition) is 15. The van der Waals surface area contributed by atoms with Gasteiger partial charge in [-0.25, -0.2) is 0 Å². The molecule has 5 rings (SSSR count). The zero-order valence-corrected chi connectivity index (χ0v) is 64.7. The van der Waals surface area contributed by atoms with Gasteiger partial charge in [0.25, 0.3) is 0 Å². The van der Waals surface area contributed by atoms with Gasteiger partial charge in [0.15, 0.2) is 0 Å². The molecule has 2 unspecified atom stereocenters. The zero-order chi connectivity index (χ0) is 77.8. The summed E-state index contributed by atoms with van der Waals surface area (Å²) in [4.78, 5) is 204. The molecule has 2 aromatic carbocycles. The standard InChI is InChI=1S/C76H119N13O15/c1-19-33-88-43-64(93)83(15)58(38-48(6)7)67(95)79-55(37-47(4)5)70(98)86(18)61(41-53-31-25-21-26-32-53)73(101)82(14)50(9)66(94)78-56(72(100)87-34-27-22-28-35-87)42-62(91)77-54(36-46(2)3)69(97)84(16)59(40-52-29-23-20-24-30-52)68(96)80-57(44-104-45-63(92)81-76(11,12)13)71(99)85(17)60-39-49(8)89(74(60)102)65(51(10)90)75(88)103/h20-21,23-26,29-32,46-51,54-61,65,90H,19,22,27-28,33-45H2,1-18H3,(H,77,91)(H,78,94)(H,79,95)(H,80,96)(H,81,92)/t49?,50-,51+,54+,55-,56-,57-,58?,59-,60-,61-,65-/m0/s1. The summed E-state index contributed by atoms with van der Waals surface area (Å²) >= 11 is 0. The minimum absolute atomic E-state index is 0.0226. The number of rotatable bonds is 18. The number of carbonyl (C=O) groups excluding carboxylic acids is 13.